The van der Waals surface area contributed by atoms with Gasteiger partial charge in [0.1, 0.15) is 0 Å². The lowest BCUT2D eigenvalue weighted by atomic mass is 9.96. The summed E-state index contributed by atoms with van der Waals surface area (Å²) in [7, 11) is 1.45. The van der Waals surface area contributed by atoms with Gasteiger partial charge in [0.2, 0.25) is 0 Å². The van der Waals surface area contributed by atoms with Gasteiger partial charge in [0.15, 0.2) is 5.76 Å². The number of benzene rings is 2. The smallest absolute Gasteiger partial charge is 0.417 e. The molecule has 0 aliphatic carbocycles. The minimum atomic E-state index is -4.58. The van der Waals surface area contributed by atoms with E-state index < -0.39 is 35.4 Å². The monoisotopic (exact) mass is 438 g/mol. The van der Waals surface area contributed by atoms with Gasteiger partial charge >= 0.3 is 6.18 Å². The van der Waals surface area contributed by atoms with Crippen molar-refractivity contribution in [1.29, 1.82) is 0 Å². The predicted octanol–water partition coefficient (Wildman–Crippen LogP) is 4.49. The lowest BCUT2D eigenvalue weighted by molar-refractivity contribution is -0.137. The maximum Gasteiger partial charge on any atom is 0.417 e. The van der Waals surface area contributed by atoms with E-state index in [1.165, 1.54) is 36.2 Å². The fourth-order valence-electron chi connectivity index (χ4n) is 3.26. The van der Waals surface area contributed by atoms with E-state index in [-0.39, 0.29) is 28.3 Å². The molecule has 2 aromatic rings. The molecular weight excluding hydrogens is 421 g/mol. The van der Waals surface area contributed by atoms with E-state index >= 15 is 0 Å². The molecule has 0 radical (unpaired) electrons. The van der Waals surface area contributed by atoms with Crippen LogP contribution in [-0.2, 0) is 15.8 Å². The quantitative estimate of drug-likeness (QED) is 0.739. The summed E-state index contributed by atoms with van der Waals surface area (Å²) in [4.78, 5) is 25.3. The van der Waals surface area contributed by atoms with E-state index in [1.54, 1.807) is 19.1 Å². The molecule has 2 N–H and O–H groups in total. The molecule has 1 aliphatic heterocycles. The summed E-state index contributed by atoms with van der Waals surface area (Å²) in [6.07, 6.45) is -4.58. The SMILES string of the molecule is CC(NC(=O)C1=C(O)C(=O)N(C)C1)c1cccc(-c2c(Cl)cccc2C(F)(F)F)c1. The molecule has 30 heavy (non-hydrogen) atoms. The van der Waals surface area contributed by atoms with Crippen molar-refractivity contribution in [3.05, 3.63) is 69.9 Å². The van der Waals surface area contributed by atoms with Gasteiger partial charge in [-0.3, -0.25) is 9.59 Å². The van der Waals surface area contributed by atoms with Gasteiger partial charge in [-0.1, -0.05) is 35.9 Å². The number of alkyl halides is 3. The normalized spacial score (nSPS) is 15.5. The van der Waals surface area contributed by atoms with Gasteiger partial charge in [-0.05, 0) is 36.2 Å². The number of nitrogens with zero attached hydrogens (tertiary/aromatic N) is 1. The van der Waals surface area contributed by atoms with Gasteiger partial charge in [-0.2, -0.15) is 13.2 Å². The summed E-state index contributed by atoms with van der Waals surface area (Å²) in [5.74, 6) is -1.88. The minimum absolute atomic E-state index is 0.0299. The number of halogens is 4. The second-order valence-electron chi connectivity index (χ2n) is 6.97. The van der Waals surface area contributed by atoms with Crippen LogP contribution in [0.2, 0.25) is 5.02 Å². The van der Waals surface area contributed by atoms with Crippen LogP contribution in [0.4, 0.5) is 13.2 Å². The fraction of sp³-hybridized carbons (Fsp3) is 0.238. The summed E-state index contributed by atoms with van der Waals surface area (Å²) in [5, 5.41) is 12.4. The first-order chi connectivity index (χ1) is 14.0. The maximum absolute atomic E-state index is 13.4. The standard InChI is InChI=1S/C21H18ClF3N2O3/c1-11(26-19(29)14-10-27(2)20(30)18(14)28)12-5-3-6-13(9-12)17-15(21(23,24)25)7-4-8-16(17)22/h3-9,11,28H,10H2,1-2H3,(H,26,29). The van der Waals surface area contributed by atoms with Crippen molar-refractivity contribution in [3.63, 3.8) is 0 Å². The molecule has 9 heteroatoms. The largest absolute Gasteiger partial charge is 0.503 e. The summed E-state index contributed by atoms with van der Waals surface area (Å²) in [6.45, 7) is 1.62. The summed E-state index contributed by atoms with van der Waals surface area (Å²) < 4.78 is 40.3. The molecule has 0 saturated carbocycles. The van der Waals surface area contributed by atoms with Crippen molar-refractivity contribution in [2.24, 2.45) is 0 Å². The molecule has 0 aromatic heterocycles. The maximum atomic E-state index is 13.4. The van der Waals surface area contributed by atoms with Crippen molar-refractivity contribution in [3.8, 4) is 11.1 Å². The Bertz CT molecular complexity index is 1050. The van der Waals surface area contributed by atoms with E-state index in [2.05, 4.69) is 5.32 Å². The zero-order valence-corrected chi connectivity index (χ0v) is 16.8. The van der Waals surface area contributed by atoms with Crippen molar-refractivity contribution < 1.29 is 27.9 Å². The molecule has 158 valence electrons. The average molecular weight is 439 g/mol. The van der Waals surface area contributed by atoms with Crippen LogP contribution < -0.4 is 5.32 Å². The fourth-order valence-corrected chi connectivity index (χ4v) is 3.54. The van der Waals surface area contributed by atoms with Crippen LogP contribution in [0.1, 0.15) is 24.1 Å². The Morgan fingerprint density at radius 2 is 1.90 bits per heavy atom. The highest BCUT2D eigenvalue weighted by atomic mass is 35.5. The van der Waals surface area contributed by atoms with Crippen LogP contribution in [0.5, 0.6) is 0 Å². The van der Waals surface area contributed by atoms with Crippen LogP contribution in [0.15, 0.2) is 53.8 Å². The molecule has 1 heterocycles. The summed E-state index contributed by atoms with van der Waals surface area (Å²) in [6, 6.07) is 9.22. The highest BCUT2D eigenvalue weighted by Gasteiger charge is 2.35. The van der Waals surface area contributed by atoms with E-state index in [0.29, 0.717) is 5.56 Å². The molecule has 0 fully saturated rings. The van der Waals surface area contributed by atoms with Gasteiger partial charge in [0.25, 0.3) is 11.8 Å². The summed E-state index contributed by atoms with van der Waals surface area (Å²) in [5.41, 5.74) is -0.270. The number of carbonyl (C=O) groups excluding carboxylic acids is 2. The lowest BCUT2D eigenvalue weighted by Gasteiger charge is -2.18. The van der Waals surface area contributed by atoms with Gasteiger partial charge < -0.3 is 15.3 Å². The summed E-state index contributed by atoms with van der Waals surface area (Å²) >= 11 is 6.08. The van der Waals surface area contributed by atoms with Gasteiger partial charge in [0.05, 0.1) is 23.7 Å². The van der Waals surface area contributed by atoms with Crippen LogP contribution >= 0.6 is 11.6 Å². The van der Waals surface area contributed by atoms with E-state index in [1.807, 2.05) is 0 Å². The zero-order valence-electron chi connectivity index (χ0n) is 16.0. The first-order valence-corrected chi connectivity index (χ1v) is 9.33. The van der Waals surface area contributed by atoms with Crippen molar-refractivity contribution in [2.75, 3.05) is 13.6 Å². The topological polar surface area (TPSA) is 69.6 Å². The van der Waals surface area contributed by atoms with E-state index in [9.17, 15) is 27.9 Å². The Morgan fingerprint density at radius 1 is 1.23 bits per heavy atom. The molecule has 3 rings (SSSR count). The van der Waals surface area contributed by atoms with Gasteiger partial charge in [-0.25, -0.2) is 0 Å². The Balaban J connectivity index is 1.90. The molecule has 1 atom stereocenters. The van der Waals surface area contributed by atoms with Gasteiger partial charge in [0, 0.05) is 17.6 Å². The highest BCUT2D eigenvalue weighted by Crippen LogP contribution is 2.41. The Kier molecular flexibility index (Phi) is 5.81. The lowest BCUT2D eigenvalue weighted by Crippen LogP contribution is -2.30. The molecular formula is C21H18ClF3N2O3. The third-order valence-corrected chi connectivity index (χ3v) is 5.16. The number of carbonyl (C=O) groups is 2. The Hall–Kier alpha value is -3.00. The van der Waals surface area contributed by atoms with Crippen molar-refractivity contribution in [2.45, 2.75) is 19.1 Å². The van der Waals surface area contributed by atoms with E-state index in [4.69, 9.17) is 11.6 Å². The molecule has 5 nitrogen and oxygen atoms in total. The van der Waals surface area contributed by atoms with Crippen LogP contribution in [-0.4, -0.2) is 35.4 Å². The Labute approximate surface area is 175 Å². The van der Waals surface area contributed by atoms with Crippen molar-refractivity contribution >= 4 is 23.4 Å². The van der Waals surface area contributed by atoms with Crippen LogP contribution in [0, 0.1) is 0 Å². The van der Waals surface area contributed by atoms with Crippen LogP contribution in [0.25, 0.3) is 11.1 Å². The number of nitrogens with one attached hydrogen (secondary N) is 1. The minimum Gasteiger partial charge on any atom is -0.503 e. The number of rotatable bonds is 4. The average Bonchev–Trinajstić information content (AvgIpc) is 2.94. The third-order valence-electron chi connectivity index (χ3n) is 4.85. The van der Waals surface area contributed by atoms with Crippen LogP contribution in [0.3, 0.4) is 0 Å². The molecule has 0 saturated heterocycles. The molecule has 0 spiro atoms. The third kappa shape index (κ3) is 4.14. The molecule has 2 amide bonds. The van der Waals surface area contributed by atoms with E-state index in [0.717, 1.165) is 6.07 Å². The molecule has 1 aliphatic rings. The number of likely N-dealkylation sites (N-methyl/N-ethyl adjacent to an activating group) is 1. The Morgan fingerprint density at radius 3 is 2.50 bits per heavy atom. The molecule has 0 bridgehead atoms. The number of aliphatic hydroxyl groups is 1. The molecule has 2 aromatic carbocycles. The number of hydrogen-bond donors (Lipinski definition) is 2. The molecule has 1 unspecified atom stereocenters. The second kappa shape index (κ2) is 8.02. The first kappa shape index (κ1) is 21.7. The number of aliphatic hydroxyl groups excluding tert-OH is 1. The predicted molar refractivity (Wildman–Crippen MR) is 106 cm³/mol. The highest BCUT2D eigenvalue weighted by molar-refractivity contribution is 6.33. The second-order valence-corrected chi connectivity index (χ2v) is 7.38. The number of hydrogen-bond acceptors (Lipinski definition) is 3. The first-order valence-electron chi connectivity index (χ1n) is 8.95. The zero-order chi connectivity index (χ0) is 22.2. The van der Waals surface area contributed by atoms with Crippen molar-refractivity contribution in [1.82, 2.24) is 10.2 Å². The van der Waals surface area contributed by atoms with Gasteiger partial charge in [-0.15, -0.1) is 0 Å². The number of amides is 2.